The quantitative estimate of drug-likeness (QED) is 0.781. The molecule has 4 nitrogen and oxygen atoms in total. The zero-order valence-corrected chi connectivity index (χ0v) is 12.1. The van der Waals surface area contributed by atoms with E-state index < -0.39 is 0 Å². The van der Waals surface area contributed by atoms with Crippen LogP contribution in [0.2, 0.25) is 4.34 Å². The first-order chi connectivity index (χ1) is 8.56. The van der Waals surface area contributed by atoms with Crippen LogP contribution in [0, 0.1) is 0 Å². The molecule has 0 aliphatic heterocycles. The molecule has 0 fully saturated rings. The first-order valence-corrected chi connectivity index (χ1v) is 7.03. The summed E-state index contributed by atoms with van der Waals surface area (Å²) < 4.78 is 0.602. The van der Waals surface area contributed by atoms with E-state index in [9.17, 15) is 9.59 Å². The third kappa shape index (κ3) is 4.76. The molecule has 0 unspecified atom stereocenters. The highest BCUT2D eigenvalue weighted by atomic mass is 35.5. The summed E-state index contributed by atoms with van der Waals surface area (Å²) in [6, 6.07) is 3.43. The molecular formula is C12H17ClN2O2S. The average Bonchev–Trinajstić information content (AvgIpc) is 2.75. The molecule has 0 aliphatic carbocycles. The summed E-state index contributed by atoms with van der Waals surface area (Å²) in [6.45, 7) is 5.54. The first kappa shape index (κ1) is 15.1. The van der Waals surface area contributed by atoms with Crippen molar-refractivity contribution in [1.29, 1.82) is 0 Å². The molecule has 0 saturated heterocycles. The fourth-order valence-electron chi connectivity index (χ4n) is 1.48. The van der Waals surface area contributed by atoms with E-state index in [0.717, 1.165) is 0 Å². The van der Waals surface area contributed by atoms with Crippen LogP contribution in [-0.2, 0) is 4.79 Å². The molecule has 0 atom stereocenters. The molecule has 0 radical (unpaired) electrons. The molecule has 100 valence electrons. The number of carbonyl (C=O) groups excluding carboxylic acids is 2. The van der Waals surface area contributed by atoms with Gasteiger partial charge >= 0.3 is 0 Å². The van der Waals surface area contributed by atoms with Gasteiger partial charge in [-0.3, -0.25) is 14.5 Å². The number of hydrogen-bond donors (Lipinski definition) is 1. The lowest BCUT2D eigenvalue weighted by Gasteiger charge is -2.18. The minimum absolute atomic E-state index is 0.00181. The van der Waals surface area contributed by atoms with Crippen molar-refractivity contribution in [3.8, 4) is 0 Å². The number of thiophene rings is 1. The molecule has 0 spiro atoms. The zero-order chi connectivity index (χ0) is 13.5. The SMILES string of the molecule is CCNC(=O)CN(CC)CC(=O)c1ccc(Cl)s1. The van der Waals surface area contributed by atoms with Crippen LogP contribution in [0.15, 0.2) is 12.1 Å². The molecule has 18 heavy (non-hydrogen) atoms. The van der Waals surface area contributed by atoms with E-state index in [-0.39, 0.29) is 24.8 Å². The Balaban J connectivity index is 2.52. The van der Waals surface area contributed by atoms with Gasteiger partial charge in [0.25, 0.3) is 0 Å². The van der Waals surface area contributed by atoms with E-state index in [1.54, 1.807) is 17.0 Å². The maximum absolute atomic E-state index is 11.9. The van der Waals surface area contributed by atoms with Gasteiger partial charge in [-0.1, -0.05) is 18.5 Å². The van der Waals surface area contributed by atoms with Crippen LogP contribution in [0.5, 0.6) is 0 Å². The minimum Gasteiger partial charge on any atom is -0.355 e. The molecule has 0 aromatic carbocycles. The van der Waals surface area contributed by atoms with Crippen molar-refractivity contribution in [1.82, 2.24) is 10.2 Å². The Kier molecular flexibility index (Phi) is 6.32. The Morgan fingerprint density at radius 3 is 2.56 bits per heavy atom. The van der Waals surface area contributed by atoms with E-state index in [0.29, 0.717) is 22.3 Å². The highest BCUT2D eigenvalue weighted by molar-refractivity contribution is 7.18. The summed E-state index contributed by atoms with van der Waals surface area (Å²) in [7, 11) is 0. The van der Waals surface area contributed by atoms with Crippen molar-refractivity contribution in [2.24, 2.45) is 0 Å². The second kappa shape index (κ2) is 7.51. The van der Waals surface area contributed by atoms with E-state index in [2.05, 4.69) is 5.32 Å². The second-order valence-corrected chi connectivity index (χ2v) is 5.50. The maximum Gasteiger partial charge on any atom is 0.234 e. The van der Waals surface area contributed by atoms with Crippen molar-refractivity contribution in [2.45, 2.75) is 13.8 Å². The fourth-order valence-corrected chi connectivity index (χ4v) is 2.45. The highest BCUT2D eigenvalue weighted by Gasteiger charge is 2.15. The van der Waals surface area contributed by atoms with E-state index in [4.69, 9.17) is 11.6 Å². The molecule has 0 saturated carbocycles. The number of carbonyl (C=O) groups is 2. The third-order valence-electron chi connectivity index (χ3n) is 2.40. The van der Waals surface area contributed by atoms with Crippen LogP contribution >= 0.6 is 22.9 Å². The number of ketones is 1. The molecule has 1 aromatic heterocycles. The number of Topliss-reactive ketones (excluding diaryl/α,β-unsaturated/α-hetero) is 1. The maximum atomic E-state index is 11.9. The second-order valence-electron chi connectivity index (χ2n) is 3.78. The Hall–Kier alpha value is -0.910. The molecule has 1 aromatic rings. The Morgan fingerprint density at radius 1 is 1.33 bits per heavy atom. The van der Waals surface area contributed by atoms with Crippen LogP contribution in [0.1, 0.15) is 23.5 Å². The minimum atomic E-state index is -0.0589. The van der Waals surface area contributed by atoms with Gasteiger partial charge in [0.2, 0.25) is 5.91 Å². The van der Waals surface area contributed by atoms with Gasteiger partial charge in [-0.15, -0.1) is 11.3 Å². The lowest BCUT2D eigenvalue weighted by Crippen LogP contribution is -2.39. The molecular weight excluding hydrogens is 272 g/mol. The monoisotopic (exact) mass is 288 g/mol. The number of amides is 1. The highest BCUT2D eigenvalue weighted by Crippen LogP contribution is 2.21. The molecule has 0 aliphatic rings. The molecule has 6 heteroatoms. The standard InChI is InChI=1S/C12H17ClN2O2S/c1-3-14-12(17)8-15(4-2)7-9(16)10-5-6-11(13)18-10/h5-6H,3-4,7-8H2,1-2H3,(H,14,17). The van der Waals surface area contributed by atoms with Gasteiger partial charge < -0.3 is 5.32 Å². The van der Waals surface area contributed by atoms with Gasteiger partial charge in [-0.25, -0.2) is 0 Å². The summed E-state index contributed by atoms with van der Waals surface area (Å²) in [5.74, 6) is -0.0607. The Labute approximate surface area is 116 Å². The van der Waals surface area contributed by atoms with Crippen LogP contribution in [-0.4, -0.2) is 42.8 Å². The lowest BCUT2D eigenvalue weighted by molar-refractivity contribution is -0.121. The number of hydrogen-bond acceptors (Lipinski definition) is 4. The van der Waals surface area contributed by atoms with Gasteiger partial charge in [-0.05, 0) is 25.6 Å². The third-order valence-corrected chi connectivity index (χ3v) is 3.68. The van der Waals surface area contributed by atoms with Gasteiger partial charge in [0.1, 0.15) is 0 Å². The van der Waals surface area contributed by atoms with Gasteiger partial charge in [-0.2, -0.15) is 0 Å². The van der Waals surface area contributed by atoms with Gasteiger partial charge in [0.05, 0.1) is 22.3 Å². The normalized spacial score (nSPS) is 10.7. The molecule has 1 heterocycles. The van der Waals surface area contributed by atoms with Crippen molar-refractivity contribution < 1.29 is 9.59 Å². The topological polar surface area (TPSA) is 49.4 Å². The average molecular weight is 289 g/mol. The Bertz CT molecular complexity index is 420. The molecule has 1 N–H and O–H groups in total. The van der Waals surface area contributed by atoms with Crippen LogP contribution in [0.25, 0.3) is 0 Å². The smallest absolute Gasteiger partial charge is 0.234 e. The summed E-state index contributed by atoms with van der Waals surface area (Å²) in [5.41, 5.74) is 0. The van der Waals surface area contributed by atoms with Crippen molar-refractivity contribution in [2.75, 3.05) is 26.2 Å². The summed E-state index contributed by atoms with van der Waals surface area (Å²) in [5, 5.41) is 2.72. The predicted molar refractivity (Wildman–Crippen MR) is 74.5 cm³/mol. The van der Waals surface area contributed by atoms with E-state index in [1.807, 2.05) is 13.8 Å². The summed E-state index contributed by atoms with van der Waals surface area (Å²) in [4.78, 5) is 25.8. The summed E-state index contributed by atoms with van der Waals surface area (Å²) in [6.07, 6.45) is 0. The Morgan fingerprint density at radius 2 is 2.06 bits per heavy atom. The van der Waals surface area contributed by atoms with Crippen molar-refractivity contribution in [3.63, 3.8) is 0 Å². The van der Waals surface area contributed by atoms with Gasteiger partial charge in [0.15, 0.2) is 5.78 Å². The molecule has 0 bridgehead atoms. The molecule has 1 amide bonds. The van der Waals surface area contributed by atoms with Crippen molar-refractivity contribution >= 4 is 34.6 Å². The van der Waals surface area contributed by atoms with Gasteiger partial charge in [0, 0.05) is 6.54 Å². The van der Waals surface area contributed by atoms with Crippen LogP contribution in [0.4, 0.5) is 0 Å². The van der Waals surface area contributed by atoms with Crippen LogP contribution in [0.3, 0.4) is 0 Å². The number of rotatable bonds is 7. The zero-order valence-electron chi connectivity index (χ0n) is 10.5. The number of halogens is 1. The van der Waals surface area contributed by atoms with Crippen molar-refractivity contribution in [3.05, 3.63) is 21.3 Å². The van der Waals surface area contributed by atoms with E-state index >= 15 is 0 Å². The number of likely N-dealkylation sites (N-methyl/N-ethyl adjacent to an activating group) is 2. The fraction of sp³-hybridized carbons (Fsp3) is 0.500. The largest absolute Gasteiger partial charge is 0.355 e. The summed E-state index contributed by atoms with van der Waals surface area (Å²) >= 11 is 7.06. The van der Waals surface area contributed by atoms with E-state index in [1.165, 1.54) is 11.3 Å². The number of nitrogens with one attached hydrogen (secondary N) is 1. The predicted octanol–water partition coefficient (Wildman–Crippen LogP) is 2.04. The number of nitrogens with zero attached hydrogens (tertiary/aromatic N) is 1. The lowest BCUT2D eigenvalue weighted by atomic mass is 10.3. The first-order valence-electron chi connectivity index (χ1n) is 5.84. The van der Waals surface area contributed by atoms with Crippen LogP contribution < -0.4 is 5.32 Å². The molecule has 1 rings (SSSR count).